The summed E-state index contributed by atoms with van der Waals surface area (Å²) in [5.41, 5.74) is 0. The van der Waals surface area contributed by atoms with Crippen molar-refractivity contribution >= 4 is 5.97 Å². The van der Waals surface area contributed by atoms with Crippen LogP contribution in [0.25, 0.3) is 0 Å². The highest BCUT2D eigenvalue weighted by atomic mass is 16.5. The van der Waals surface area contributed by atoms with E-state index < -0.39 is 43.1 Å². The number of hydrogen-bond donors (Lipinski definition) is 5. The molecule has 0 amide bonds. The second-order valence-electron chi connectivity index (χ2n) is 5.71. The minimum atomic E-state index is -1.39. The normalized spacial score (nSPS) is 37.4. The monoisotopic (exact) mass is 292 g/mol. The van der Waals surface area contributed by atoms with E-state index in [2.05, 4.69) is 0 Å². The summed E-state index contributed by atoms with van der Waals surface area (Å²) in [6, 6.07) is 0. The van der Waals surface area contributed by atoms with Gasteiger partial charge in [-0.05, 0) is 18.3 Å². The molecule has 0 aromatic heterocycles. The Hall–Kier alpha value is -0.730. The highest BCUT2D eigenvalue weighted by molar-refractivity contribution is 5.66. The van der Waals surface area contributed by atoms with E-state index in [0.717, 1.165) is 0 Å². The van der Waals surface area contributed by atoms with Crippen LogP contribution in [0, 0.1) is 11.8 Å². The molecule has 0 radical (unpaired) electrons. The van der Waals surface area contributed by atoms with E-state index >= 15 is 0 Å². The van der Waals surface area contributed by atoms with Crippen molar-refractivity contribution in [1.29, 1.82) is 0 Å². The average molecular weight is 292 g/mol. The number of rotatable bonds is 6. The van der Waals surface area contributed by atoms with Crippen LogP contribution in [0.1, 0.15) is 26.7 Å². The molecule has 0 aromatic rings. The maximum absolute atomic E-state index is 10.6. The van der Waals surface area contributed by atoms with Gasteiger partial charge in [-0.15, -0.1) is 0 Å². The zero-order valence-electron chi connectivity index (χ0n) is 11.7. The van der Waals surface area contributed by atoms with Crippen molar-refractivity contribution in [2.75, 3.05) is 6.61 Å². The number of hydrogen-bond acceptors (Lipinski definition) is 6. The Balaban J connectivity index is 2.66. The molecule has 0 spiro atoms. The Bertz CT molecular complexity index is 320. The summed E-state index contributed by atoms with van der Waals surface area (Å²) in [6.45, 7) is 3.11. The molecule has 0 saturated carbocycles. The van der Waals surface area contributed by atoms with E-state index in [1.54, 1.807) is 13.8 Å². The van der Waals surface area contributed by atoms with Gasteiger partial charge in [0.1, 0.15) is 24.4 Å². The Kier molecular flexibility index (Phi) is 6.35. The van der Waals surface area contributed by atoms with E-state index in [1.807, 2.05) is 0 Å². The number of aliphatic carboxylic acids is 1. The van der Waals surface area contributed by atoms with Crippen molar-refractivity contribution in [3.8, 4) is 0 Å². The van der Waals surface area contributed by atoms with E-state index in [1.165, 1.54) is 0 Å². The predicted molar refractivity (Wildman–Crippen MR) is 69.0 cm³/mol. The first-order valence-corrected chi connectivity index (χ1v) is 6.80. The van der Waals surface area contributed by atoms with Crippen molar-refractivity contribution in [3.05, 3.63) is 0 Å². The lowest BCUT2D eigenvalue weighted by molar-refractivity contribution is -0.240. The van der Waals surface area contributed by atoms with Crippen molar-refractivity contribution < 1.29 is 35.1 Å². The minimum absolute atomic E-state index is 0.0156. The molecule has 118 valence electrons. The smallest absolute Gasteiger partial charge is 0.303 e. The third kappa shape index (κ3) is 4.13. The Morgan fingerprint density at radius 2 is 1.75 bits per heavy atom. The molecule has 7 atom stereocenters. The third-order valence-electron chi connectivity index (χ3n) is 3.79. The minimum Gasteiger partial charge on any atom is -0.481 e. The first-order chi connectivity index (χ1) is 9.27. The van der Waals surface area contributed by atoms with Crippen molar-refractivity contribution in [3.63, 3.8) is 0 Å². The lowest BCUT2D eigenvalue weighted by Crippen LogP contribution is -2.60. The highest BCUT2D eigenvalue weighted by Crippen LogP contribution is 2.29. The molecule has 1 aliphatic rings. The van der Waals surface area contributed by atoms with Gasteiger partial charge >= 0.3 is 5.97 Å². The molecule has 7 heteroatoms. The first kappa shape index (κ1) is 17.3. The molecule has 1 rings (SSSR count). The van der Waals surface area contributed by atoms with Gasteiger partial charge in [-0.3, -0.25) is 4.79 Å². The van der Waals surface area contributed by atoms with Crippen LogP contribution in [0.4, 0.5) is 0 Å². The van der Waals surface area contributed by atoms with Gasteiger partial charge in [0, 0.05) is 6.42 Å². The Morgan fingerprint density at radius 3 is 2.25 bits per heavy atom. The van der Waals surface area contributed by atoms with Crippen LogP contribution in [0.5, 0.6) is 0 Å². The summed E-state index contributed by atoms with van der Waals surface area (Å²) in [4.78, 5) is 10.6. The molecule has 2 unspecified atom stereocenters. The molecule has 1 heterocycles. The summed E-state index contributed by atoms with van der Waals surface area (Å²) >= 11 is 0. The molecular formula is C13H24O7. The number of aliphatic hydroxyl groups excluding tert-OH is 4. The quantitative estimate of drug-likeness (QED) is 0.423. The molecule has 0 aromatic carbocycles. The van der Waals surface area contributed by atoms with Crippen LogP contribution in [-0.2, 0) is 9.53 Å². The highest BCUT2D eigenvalue weighted by Gasteiger charge is 2.45. The molecule has 0 bridgehead atoms. The summed E-state index contributed by atoms with van der Waals surface area (Å²) in [7, 11) is 0. The van der Waals surface area contributed by atoms with Gasteiger partial charge in [0.05, 0.1) is 12.7 Å². The summed E-state index contributed by atoms with van der Waals surface area (Å²) in [5.74, 6) is -1.20. The Labute approximate surface area is 117 Å². The molecule has 5 N–H and O–H groups in total. The van der Waals surface area contributed by atoms with Crippen LogP contribution >= 0.6 is 0 Å². The van der Waals surface area contributed by atoms with Crippen molar-refractivity contribution in [2.24, 2.45) is 11.8 Å². The number of carboxylic acids is 1. The fourth-order valence-electron chi connectivity index (χ4n) is 2.75. The molecule has 0 aliphatic carbocycles. The van der Waals surface area contributed by atoms with Crippen molar-refractivity contribution in [1.82, 2.24) is 0 Å². The maximum Gasteiger partial charge on any atom is 0.303 e. The molecular weight excluding hydrogens is 268 g/mol. The number of ether oxygens (including phenoxy) is 1. The summed E-state index contributed by atoms with van der Waals surface area (Å²) in [5, 5.41) is 47.2. The number of carboxylic acid groups (broad SMARTS) is 1. The zero-order valence-corrected chi connectivity index (χ0v) is 11.7. The van der Waals surface area contributed by atoms with Gasteiger partial charge in [-0.1, -0.05) is 13.8 Å². The summed E-state index contributed by atoms with van der Waals surface area (Å²) in [6.07, 6.45) is -5.17. The van der Waals surface area contributed by atoms with Crippen LogP contribution < -0.4 is 0 Å². The van der Waals surface area contributed by atoms with Crippen LogP contribution in [0.3, 0.4) is 0 Å². The molecule has 7 nitrogen and oxygen atoms in total. The second kappa shape index (κ2) is 7.33. The van der Waals surface area contributed by atoms with Gasteiger partial charge < -0.3 is 30.3 Å². The van der Waals surface area contributed by atoms with Crippen LogP contribution in [0.15, 0.2) is 0 Å². The second-order valence-corrected chi connectivity index (χ2v) is 5.71. The van der Waals surface area contributed by atoms with Crippen LogP contribution in [-0.4, -0.2) is 68.6 Å². The van der Waals surface area contributed by atoms with Gasteiger partial charge in [-0.2, -0.15) is 0 Å². The molecule has 20 heavy (non-hydrogen) atoms. The van der Waals surface area contributed by atoms with Gasteiger partial charge in [-0.25, -0.2) is 0 Å². The van der Waals surface area contributed by atoms with Gasteiger partial charge in [0.25, 0.3) is 0 Å². The van der Waals surface area contributed by atoms with Gasteiger partial charge in [0.15, 0.2) is 0 Å². The topological polar surface area (TPSA) is 127 Å². The van der Waals surface area contributed by atoms with E-state index in [9.17, 15) is 20.1 Å². The average Bonchev–Trinajstić information content (AvgIpc) is 2.35. The SMILES string of the molecule is CC(CC(=O)O)CC(C)[C@H]1O[C@H](CO)[C@@H](O)[C@H](O)[C@H]1O. The lowest BCUT2D eigenvalue weighted by atomic mass is 9.84. The van der Waals surface area contributed by atoms with E-state index in [-0.39, 0.29) is 18.3 Å². The van der Waals surface area contributed by atoms with Crippen molar-refractivity contribution in [2.45, 2.75) is 57.2 Å². The zero-order chi connectivity index (χ0) is 15.4. The fourth-order valence-corrected chi connectivity index (χ4v) is 2.75. The standard InChI is InChI=1S/C13H24O7/c1-6(4-9(15)16)3-7(2)13-12(19)11(18)10(17)8(5-14)20-13/h6-8,10-14,17-19H,3-5H2,1-2H3,(H,15,16)/t6?,7?,8-,10-,11+,12-,13-/m1/s1. The van der Waals surface area contributed by atoms with Crippen LogP contribution in [0.2, 0.25) is 0 Å². The third-order valence-corrected chi connectivity index (χ3v) is 3.79. The lowest BCUT2D eigenvalue weighted by Gasteiger charge is -2.42. The molecule has 1 saturated heterocycles. The predicted octanol–water partition coefficient (Wildman–Crippen LogP) is -1.03. The van der Waals surface area contributed by atoms with E-state index in [0.29, 0.717) is 6.42 Å². The van der Waals surface area contributed by atoms with Gasteiger partial charge in [0.2, 0.25) is 0 Å². The fraction of sp³-hybridized carbons (Fsp3) is 0.923. The Morgan fingerprint density at radius 1 is 1.15 bits per heavy atom. The largest absolute Gasteiger partial charge is 0.481 e. The van der Waals surface area contributed by atoms with E-state index in [4.69, 9.17) is 14.9 Å². The maximum atomic E-state index is 10.6. The summed E-state index contributed by atoms with van der Waals surface area (Å²) < 4.78 is 5.44. The first-order valence-electron chi connectivity index (χ1n) is 6.80. The molecule has 1 aliphatic heterocycles. The molecule has 1 fully saturated rings. The number of aliphatic hydroxyl groups is 4. The number of carbonyl (C=O) groups is 1.